The van der Waals surface area contributed by atoms with E-state index in [4.69, 9.17) is 11.6 Å². The van der Waals surface area contributed by atoms with E-state index in [1.54, 1.807) is 18.2 Å². The molecule has 2 nitrogen and oxygen atoms in total. The number of hydrogen-bond donors (Lipinski definition) is 1. The van der Waals surface area contributed by atoms with E-state index >= 15 is 0 Å². The van der Waals surface area contributed by atoms with Crippen molar-refractivity contribution < 1.29 is 0 Å². The number of benzene rings is 1. The highest BCUT2D eigenvalue weighted by Gasteiger charge is 2.07. The van der Waals surface area contributed by atoms with Gasteiger partial charge in [0.2, 0.25) is 0 Å². The number of rotatable bonds is 1. The third-order valence-corrected chi connectivity index (χ3v) is 2.74. The van der Waals surface area contributed by atoms with Crippen LogP contribution in [0.5, 0.6) is 0 Å². The maximum Gasteiger partial charge on any atom is 0.189 e. The standard InChI is InChI=1S/C13H12ClNO/c1-8-7-12(16)13(9(2)15-8)10-3-5-11(14)6-4-10/h3-7H,1-2H3,(H,15,16). The van der Waals surface area contributed by atoms with Crippen molar-refractivity contribution in [1.29, 1.82) is 0 Å². The maximum absolute atomic E-state index is 11.9. The first-order valence-corrected chi connectivity index (χ1v) is 5.42. The number of nitrogens with one attached hydrogen (secondary N) is 1. The lowest BCUT2D eigenvalue weighted by atomic mass is 10.0. The van der Waals surface area contributed by atoms with Crippen molar-refractivity contribution in [1.82, 2.24) is 4.98 Å². The lowest BCUT2D eigenvalue weighted by Crippen LogP contribution is -2.08. The van der Waals surface area contributed by atoms with Gasteiger partial charge < -0.3 is 4.98 Å². The minimum atomic E-state index is 0.0380. The van der Waals surface area contributed by atoms with Crippen LogP contribution in [0.1, 0.15) is 11.4 Å². The van der Waals surface area contributed by atoms with E-state index in [9.17, 15) is 4.79 Å². The van der Waals surface area contributed by atoms with Crippen LogP contribution >= 0.6 is 11.6 Å². The van der Waals surface area contributed by atoms with Crippen LogP contribution in [-0.4, -0.2) is 4.98 Å². The SMILES string of the molecule is Cc1cc(=O)c(-c2ccc(Cl)cc2)c(C)[nH]1. The number of aromatic nitrogens is 1. The molecule has 1 aromatic heterocycles. The molecule has 1 aromatic carbocycles. The summed E-state index contributed by atoms with van der Waals surface area (Å²) in [6.45, 7) is 3.78. The van der Waals surface area contributed by atoms with Gasteiger partial charge in [0, 0.05) is 28.0 Å². The second-order valence-corrected chi connectivity index (χ2v) is 4.26. The number of hydrogen-bond acceptors (Lipinski definition) is 1. The molecular formula is C13H12ClNO. The van der Waals surface area contributed by atoms with E-state index in [-0.39, 0.29) is 5.43 Å². The molecule has 0 aliphatic heterocycles. The summed E-state index contributed by atoms with van der Waals surface area (Å²) in [6, 6.07) is 8.90. The van der Waals surface area contributed by atoms with Crippen molar-refractivity contribution in [2.24, 2.45) is 0 Å². The average Bonchev–Trinajstić information content (AvgIpc) is 2.19. The molecule has 0 aliphatic carbocycles. The number of halogens is 1. The summed E-state index contributed by atoms with van der Waals surface area (Å²) in [6.07, 6.45) is 0. The maximum atomic E-state index is 11.9. The first kappa shape index (κ1) is 11.0. The van der Waals surface area contributed by atoms with Gasteiger partial charge in [0.15, 0.2) is 5.43 Å². The molecule has 0 saturated heterocycles. The van der Waals surface area contributed by atoms with Gasteiger partial charge in [0.1, 0.15) is 0 Å². The van der Waals surface area contributed by atoms with Crippen LogP contribution in [0.25, 0.3) is 11.1 Å². The van der Waals surface area contributed by atoms with Crippen molar-refractivity contribution >= 4 is 11.6 Å². The molecule has 1 N–H and O–H groups in total. The molecular weight excluding hydrogens is 222 g/mol. The van der Waals surface area contributed by atoms with Gasteiger partial charge >= 0.3 is 0 Å². The smallest absolute Gasteiger partial charge is 0.189 e. The lowest BCUT2D eigenvalue weighted by molar-refractivity contribution is 1.11. The van der Waals surface area contributed by atoms with Crippen molar-refractivity contribution in [3.05, 3.63) is 57.0 Å². The Hall–Kier alpha value is -1.54. The Morgan fingerprint density at radius 3 is 2.31 bits per heavy atom. The van der Waals surface area contributed by atoms with Crippen LogP contribution in [0.15, 0.2) is 35.1 Å². The van der Waals surface area contributed by atoms with Crippen molar-refractivity contribution in [3.8, 4) is 11.1 Å². The van der Waals surface area contributed by atoms with Crippen LogP contribution in [0.4, 0.5) is 0 Å². The molecule has 1 heterocycles. The van der Waals surface area contributed by atoms with Gasteiger partial charge in [-0.3, -0.25) is 4.79 Å². The molecule has 2 rings (SSSR count). The summed E-state index contributed by atoms with van der Waals surface area (Å²) in [5, 5.41) is 0.671. The first-order chi connectivity index (χ1) is 7.58. The Balaban J connectivity index is 2.65. The summed E-state index contributed by atoms with van der Waals surface area (Å²) in [7, 11) is 0. The Kier molecular flexibility index (Phi) is 2.84. The monoisotopic (exact) mass is 233 g/mol. The molecule has 0 radical (unpaired) electrons. The molecule has 0 fully saturated rings. The molecule has 0 aliphatic rings. The van der Waals surface area contributed by atoms with Gasteiger partial charge in [-0.2, -0.15) is 0 Å². The summed E-state index contributed by atoms with van der Waals surface area (Å²) >= 11 is 5.82. The zero-order chi connectivity index (χ0) is 11.7. The second-order valence-electron chi connectivity index (χ2n) is 3.82. The fraction of sp³-hybridized carbons (Fsp3) is 0.154. The largest absolute Gasteiger partial charge is 0.362 e. The van der Waals surface area contributed by atoms with Crippen molar-refractivity contribution in [3.63, 3.8) is 0 Å². The summed E-state index contributed by atoms with van der Waals surface area (Å²) < 4.78 is 0. The topological polar surface area (TPSA) is 32.9 Å². The minimum Gasteiger partial charge on any atom is -0.362 e. The molecule has 0 saturated carbocycles. The Labute approximate surface area is 98.9 Å². The second kappa shape index (κ2) is 4.14. The lowest BCUT2D eigenvalue weighted by Gasteiger charge is -2.06. The first-order valence-electron chi connectivity index (χ1n) is 5.04. The molecule has 0 atom stereocenters. The van der Waals surface area contributed by atoms with E-state index in [1.165, 1.54) is 0 Å². The van der Waals surface area contributed by atoms with Crippen LogP contribution in [-0.2, 0) is 0 Å². The summed E-state index contributed by atoms with van der Waals surface area (Å²) in [5.74, 6) is 0. The van der Waals surface area contributed by atoms with Crippen LogP contribution in [0.3, 0.4) is 0 Å². The third-order valence-electron chi connectivity index (χ3n) is 2.49. The highest BCUT2D eigenvalue weighted by molar-refractivity contribution is 6.30. The molecule has 0 bridgehead atoms. The highest BCUT2D eigenvalue weighted by atomic mass is 35.5. The Bertz CT molecular complexity index is 569. The fourth-order valence-corrected chi connectivity index (χ4v) is 1.95. The van der Waals surface area contributed by atoms with E-state index in [0.717, 1.165) is 17.0 Å². The molecule has 0 spiro atoms. The van der Waals surface area contributed by atoms with Crippen molar-refractivity contribution in [2.45, 2.75) is 13.8 Å². The van der Waals surface area contributed by atoms with Crippen LogP contribution in [0.2, 0.25) is 5.02 Å². The quantitative estimate of drug-likeness (QED) is 0.805. The van der Waals surface area contributed by atoms with Gasteiger partial charge in [0.05, 0.1) is 0 Å². The third kappa shape index (κ3) is 2.02. The number of H-pyrrole nitrogens is 1. The zero-order valence-electron chi connectivity index (χ0n) is 9.17. The Morgan fingerprint density at radius 2 is 1.75 bits per heavy atom. The summed E-state index contributed by atoms with van der Waals surface area (Å²) in [4.78, 5) is 15.1. The van der Waals surface area contributed by atoms with Crippen molar-refractivity contribution in [2.75, 3.05) is 0 Å². The number of aryl methyl sites for hydroxylation is 2. The highest BCUT2D eigenvalue weighted by Crippen LogP contribution is 2.20. The van der Waals surface area contributed by atoms with E-state index in [0.29, 0.717) is 10.6 Å². The van der Waals surface area contributed by atoms with E-state index in [2.05, 4.69) is 4.98 Å². The predicted octanol–water partition coefficient (Wildman–Crippen LogP) is 3.31. The fourth-order valence-electron chi connectivity index (χ4n) is 1.82. The molecule has 16 heavy (non-hydrogen) atoms. The van der Waals surface area contributed by atoms with Crippen LogP contribution in [0, 0.1) is 13.8 Å². The van der Waals surface area contributed by atoms with Gasteiger partial charge in [-0.25, -0.2) is 0 Å². The van der Waals surface area contributed by atoms with E-state index in [1.807, 2.05) is 26.0 Å². The molecule has 82 valence electrons. The molecule has 0 unspecified atom stereocenters. The molecule has 0 amide bonds. The minimum absolute atomic E-state index is 0.0380. The number of aromatic amines is 1. The van der Waals surface area contributed by atoms with E-state index < -0.39 is 0 Å². The average molecular weight is 234 g/mol. The zero-order valence-corrected chi connectivity index (χ0v) is 9.93. The normalized spacial score (nSPS) is 10.4. The predicted molar refractivity (Wildman–Crippen MR) is 67.0 cm³/mol. The van der Waals surface area contributed by atoms with Crippen LogP contribution < -0.4 is 5.43 Å². The molecule has 3 heteroatoms. The van der Waals surface area contributed by atoms with Gasteiger partial charge in [-0.1, -0.05) is 23.7 Å². The van der Waals surface area contributed by atoms with Gasteiger partial charge in [-0.15, -0.1) is 0 Å². The number of pyridine rings is 1. The Morgan fingerprint density at radius 1 is 1.12 bits per heavy atom. The van der Waals surface area contributed by atoms with Gasteiger partial charge in [0.25, 0.3) is 0 Å². The van der Waals surface area contributed by atoms with Gasteiger partial charge in [-0.05, 0) is 31.5 Å². The summed E-state index contributed by atoms with van der Waals surface area (Å²) in [5.41, 5.74) is 3.40. The molecule has 2 aromatic rings.